The normalized spacial score (nSPS) is 43.7. The first-order valence-corrected chi connectivity index (χ1v) is 8.42. The maximum absolute atomic E-state index is 6.52. The summed E-state index contributed by atoms with van der Waals surface area (Å²) >= 11 is 6.52. The number of hydrogen-bond acceptors (Lipinski definition) is 1. The molecule has 3 rings (SSSR count). The summed E-state index contributed by atoms with van der Waals surface area (Å²) < 4.78 is 6.44. The first kappa shape index (κ1) is 13.2. The lowest BCUT2D eigenvalue weighted by Crippen LogP contribution is -2.30. The second-order valence-corrected chi connectivity index (χ2v) is 7.66. The quantitative estimate of drug-likeness (QED) is 0.648. The third-order valence-electron chi connectivity index (χ3n) is 5.57. The molecule has 2 saturated carbocycles. The number of alkyl halides is 1. The zero-order valence-corrected chi connectivity index (χ0v) is 12.4. The van der Waals surface area contributed by atoms with Crippen molar-refractivity contribution in [3.05, 3.63) is 0 Å². The van der Waals surface area contributed by atoms with E-state index in [1.165, 1.54) is 64.2 Å². The van der Waals surface area contributed by atoms with Crippen molar-refractivity contribution >= 4 is 11.6 Å². The van der Waals surface area contributed by atoms with E-state index in [1.54, 1.807) is 0 Å². The van der Waals surface area contributed by atoms with Crippen LogP contribution in [0.25, 0.3) is 0 Å². The molecular formula is C16H27ClO. The molecule has 4 unspecified atom stereocenters. The number of hydrogen-bond donors (Lipinski definition) is 0. The van der Waals surface area contributed by atoms with Gasteiger partial charge in [-0.05, 0) is 63.2 Å². The van der Waals surface area contributed by atoms with E-state index in [0.717, 1.165) is 5.92 Å². The Labute approximate surface area is 117 Å². The predicted octanol–water partition coefficient (Wildman–Crippen LogP) is 4.91. The Morgan fingerprint density at radius 3 is 2.67 bits per heavy atom. The topological polar surface area (TPSA) is 9.23 Å². The molecule has 0 aromatic carbocycles. The largest absolute Gasteiger partial charge is 0.372 e. The summed E-state index contributed by atoms with van der Waals surface area (Å²) in [6.45, 7) is 2.38. The molecule has 3 fully saturated rings. The van der Waals surface area contributed by atoms with Crippen LogP contribution in [0.4, 0.5) is 0 Å². The summed E-state index contributed by atoms with van der Waals surface area (Å²) in [4.78, 5) is 0. The van der Waals surface area contributed by atoms with Gasteiger partial charge in [-0.25, -0.2) is 0 Å². The Morgan fingerprint density at radius 1 is 1.11 bits per heavy atom. The number of rotatable bonds is 2. The van der Waals surface area contributed by atoms with Crippen LogP contribution < -0.4 is 0 Å². The molecule has 0 aromatic rings. The summed E-state index contributed by atoms with van der Waals surface area (Å²) in [5.74, 6) is 1.57. The van der Waals surface area contributed by atoms with Crippen molar-refractivity contribution in [2.45, 2.75) is 88.2 Å². The average Bonchev–Trinajstić information content (AvgIpc) is 2.95. The minimum absolute atomic E-state index is 0.298. The molecule has 1 aliphatic heterocycles. The van der Waals surface area contributed by atoms with Gasteiger partial charge in [0.2, 0.25) is 0 Å². The summed E-state index contributed by atoms with van der Waals surface area (Å²) in [6.07, 6.45) is 13.6. The maximum atomic E-state index is 6.52. The van der Waals surface area contributed by atoms with Gasteiger partial charge in [-0.1, -0.05) is 19.8 Å². The van der Waals surface area contributed by atoms with Gasteiger partial charge >= 0.3 is 0 Å². The van der Waals surface area contributed by atoms with Crippen molar-refractivity contribution in [2.24, 2.45) is 11.8 Å². The lowest BCUT2D eigenvalue weighted by atomic mass is 9.79. The molecule has 1 heterocycles. The number of ether oxygens (including phenoxy) is 1. The summed E-state index contributed by atoms with van der Waals surface area (Å²) in [5.41, 5.74) is 0.298. The van der Waals surface area contributed by atoms with Crippen molar-refractivity contribution in [3.63, 3.8) is 0 Å². The lowest BCUT2D eigenvalue weighted by molar-refractivity contribution is -0.0463. The second kappa shape index (κ2) is 5.32. The molecule has 0 amide bonds. The van der Waals surface area contributed by atoms with Gasteiger partial charge in [0.05, 0.1) is 11.7 Å². The summed E-state index contributed by atoms with van der Waals surface area (Å²) in [6, 6.07) is 0. The zero-order valence-electron chi connectivity index (χ0n) is 11.7. The Balaban J connectivity index is 1.54. The van der Waals surface area contributed by atoms with E-state index < -0.39 is 0 Å². The van der Waals surface area contributed by atoms with Crippen LogP contribution in [0.3, 0.4) is 0 Å². The first-order chi connectivity index (χ1) is 8.67. The van der Waals surface area contributed by atoms with E-state index in [-0.39, 0.29) is 0 Å². The Bertz CT molecular complexity index is 285. The number of halogens is 1. The highest BCUT2D eigenvalue weighted by atomic mass is 35.5. The van der Waals surface area contributed by atoms with Crippen molar-refractivity contribution < 1.29 is 4.74 Å². The molecule has 2 aliphatic carbocycles. The fourth-order valence-electron chi connectivity index (χ4n) is 4.49. The second-order valence-electron chi connectivity index (χ2n) is 7.10. The van der Waals surface area contributed by atoms with Crippen LogP contribution in [0, 0.1) is 11.8 Å². The molecule has 3 aliphatic rings. The maximum Gasteiger partial charge on any atom is 0.0687 e. The van der Waals surface area contributed by atoms with Gasteiger partial charge in [-0.2, -0.15) is 0 Å². The molecule has 1 spiro atoms. The molecule has 0 aromatic heterocycles. The fraction of sp³-hybridized carbons (Fsp3) is 1.00. The highest BCUT2D eigenvalue weighted by Gasteiger charge is 2.43. The summed E-state index contributed by atoms with van der Waals surface area (Å²) in [5, 5.41) is 0.407. The Hall–Kier alpha value is 0.250. The van der Waals surface area contributed by atoms with Crippen LogP contribution in [0.1, 0.15) is 71.1 Å². The first-order valence-electron chi connectivity index (χ1n) is 7.99. The van der Waals surface area contributed by atoms with E-state index in [1.807, 2.05) is 0 Å². The van der Waals surface area contributed by atoms with Crippen molar-refractivity contribution in [3.8, 4) is 0 Å². The van der Waals surface area contributed by atoms with Gasteiger partial charge in [0, 0.05) is 5.38 Å². The Kier molecular flexibility index (Phi) is 3.92. The molecule has 1 nitrogen and oxygen atoms in total. The van der Waals surface area contributed by atoms with Crippen LogP contribution in [0.5, 0.6) is 0 Å². The van der Waals surface area contributed by atoms with Crippen LogP contribution >= 0.6 is 11.6 Å². The molecule has 1 saturated heterocycles. The molecule has 0 N–H and O–H groups in total. The Morgan fingerprint density at radius 2 is 1.89 bits per heavy atom. The third-order valence-corrected chi connectivity index (χ3v) is 6.15. The third kappa shape index (κ3) is 2.72. The molecule has 0 bridgehead atoms. The summed E-state index contributed by atoms with van der Waals surface area (Å²) in [7, 11) is 0. The van der Waals surface area contributed by atoms with E-state index >= 15 is 0 Å². The van der Waals surface area contributed by atoms with E-state index in [9.17, 15) is 0 Å². The van der Waals surface area contributed by atoms with Gasteiger partial charge in [0.1, 0.15) is 0 Å². The van der Waals surface area contributed by atoms with Gasteiger partial charge < -0.3 is 4.74 Å². The van der Waals surface area contributed by atoms with E-state index in [4.69, 9.17) is 16.3 Å². The van der Waals surface area contributed by atoms with Gasteiger partial charge in [-0.15, -0.1) is 11.6 Å². The van der Waals surface area contributed by atoms with Crippen LogP contribution in [-0.4, -0.2) is 17.1 Å². The van der Waals surface area contributed by atoms with Crippen LogP contribution in [0.2, 0.25) is 0 Å². The average molecular weight is 271 g/mol. The minimum Gasteiger partial charge on any atom is -0.372 e. The molecule has 104 valence electrons. The highest BCUT2D eigenvalue weighted by molar-refractivity contribution is 6.20. The molecule has 4 atom stereocenters. The highest BCUT2D eigenvalue weighted by Crippen LogP contribution is 2.46. The van der Waals surface area contributed by atoms with Crippen molar-refractivity contribution in [1.29, 1.82) is 0 Å². The van der Waals surface area contributed by atoms with Gasteiger partial charge in [0.15, 0.2) is 0 Å². The molecular weight excluding hydrogens is 244 g/mol. The molecule has 18 heavy (non-hydrogen) atoms. The lowest BCUT2D eigenvalue weighted by Gasteiger charge is -2.33. The zero-order chi connectivity index (χ0) is 12.6. The van der Waals surface area contributed by atoms with E-state index in [0.29, 0.717) is 23.0 Å². The SMILES string of the molecule is CC1CCC(Cl)C(CC2CCC3(CCCC3)O2)C1. The molecule has 0 radical (unpaired) electrons. The van der Waals surface area contributed by atoms with Gasteiger partial charge in [-0.3, -0.25) is 0 Å². The fourth-order valence-corrected chi connectivity index (χ4v) is 4.82. The van der Waals surface area contributed by atoms with Crippen LogP contribution in [-0.2, 0) is 4.74 Å². The van der Waals surface area contributed by atoms with Crippen LogP contribution in [0.15, 0.2) is 0 Å². The molecule has 2 heteroatoms. The van der Waals surface area contributed by atoms with Crippen molar-refractivity contribution in [2.75, 3.05) is 0 Å². The van der Waals surface area contributed by atoms with E-state index in [2.05, 4.69) is 6.92 Å². The minimum atomic E-state index is 0.298. The van der Waals surface area contributed by atoms with Gasteiger partial charge in [0.25, 0.3) is 0 Å². The standard InChI is InChI=1S/C16H27ClO/c1-12-4-5-15(17)13(10-12)11-14-6-9-16(18-14)7-2-3-8-16/h12-15H,2-11H2,1H3. The smallest absolute Gasteiger partial charge is 0.0687 e. The predicted molar refractivity (Wildman–Crippen MR) is 76.1 cm³/mol. The monoisotopic (exact) mass is 270 g/mol. The van der Waals surface area contributed by atoms with Crippen molar-refractivity contribution in [1.82, 2.24) is 0 Å².